The van der Waals surface area contributed by atoms with E-state index in [1.807, 2.05) is 4.90 Å². The number of nitrogens with zero attached hydrogens (tertiary/aromatic N) is 1. The van der Waals surface area contributed by atoms with Crippen molar-refractivity contribution in [3.05, 3.63) is 0 Å². The molecule has 1 saturated heterocycles. The van der Waals surface area contributed by atoms with E-state index in [9.17, 15) is 4.79 Å². The fourth-order valence-corrected chi connectivity index (χ4v) is 1.26. The average Bonchev–Trinajstić information content (AvgIpc) is 2.52. The summed E-state index contributed by atoms with van der Waals surface area (Å²) in [6.07, 6.45) is 3.35. The summed E-state index contributed by atoms with van der Waals surface area (Å²) < 4.78 is 0. The van der Waals surface area contributed by atoms with Gasteiger partial charge >= 0.3 is 6.03 Å². The highest BCUT2D eigenvalue weighted by Gasteiger charge is 2.16. The lowest BCUT2D eigenvalue weighted by Crippen LogP contribution is -2.38. The third-order valence-electron chi connectivity index (χ3n) is 1.92. The molecule has 0 unspecified atom stereocenters. The van der Waals surface area contributed by atoms with Crippen molar-refractivity contribution in [1.29, 1.82) is 0 Å². The van der Waals surface area contributed by atoms with Crippen LogP contribution in [0.2, 0.25) is 0 Å². The van der Waals surface area contributed by atoms with Gasteiger partial charge in [-0.2, -0.15) is 0 Å². The molecule has 0 aromatic heterocycles. The Kier molecular flexibility index (Phi) is 3.20. The fraction of sp³-hybridized carbons (Fsp3) is 0.875. The molecule has 1 rings (SSSR count). The van der Waals surface area contributed by atoms with Gasteiger partial charge in [-0.05, 0) is 19.3 Å². The van der Waals surface area contributed by atoms with Crippen molar-refractivity contribution >= 4 is 6.03 Å². The minimum Gasteiger partial charge on any atom is -0.338 e. The molecule has 0 saturated carbocycles. The van der Waals surface area contributed by atoms with Crippen molar-refractivity contribution in [3.63, 3.8) is 0 Å². The standard InChI is InChI=1S/C8H16N2O/c1-2-5-9-8(11)10-6-3-4-7-10/h2-7H2,1H3,(H,9,11). The molecule has 3 heteroatoms. The molecule has 0 bridgehead atoms. The van der Waals surface area contributed by atoms with E-state index in [0.29, 0.717) is 0 Å². The van der Waals surface area contributed by atoms with E-state index in [1.165, 1.54) is 12.8 Å². The number of hydrogen-bond acceptors (Lipinski definition) is 1. The van der Waals surface area contributed by atoms with E-state index in [-0.39, 0.29) is 6.03 Å². The number of likely N-dealkylation sites (tertiary alicyclic amines) is 1. The van der Waals surface area contributed by atoms with Crippen LogP contribution in [0.4, 0.5) is 4.79 Å². The van der Waals surface area contributed by atoms with Crippen LogP contribution in [0.1, 0.15) is 26.2 Å². The van der Waals surface area contributed by atoms with E-state index in [1.54, 1.807) is 0 Å². The van der Waals surface area contributed by atoms with Gasteiger partial charge in [-0.15, -0.1) is 0 Å². The topological polar surface area (TPSA) is 32.3 Å². The summed E-state index contributed by atoms with van der Waals surface area (Å²) in [5.41, 5.74) is 0. The lowest BCUT2D eigenvalue weighted by atomic mass is 10.4. The number of carbonyl (C=O) groups is 1. The van der Waals surface area contributed by atoms with Crippen LogP contribution in [0.15, 0.2) is 0 Å². The van der Waals surface area contributed by atoms with Crippen LogP contribution in [0.5, 0.6) is 0 Å². The van der Waals surface area contributed by atoms with Crippen molar-refractivity contribution in [1.82, 2.24) is 10.2 Å². The van der Waals surface area contributed by atoms with Gasteiger partial charge in [-0.3, -0.25) is 0 Å². The van der Waals surface area contributed by atoms with Gasteiger partial charge < -0.3 is 10.2 Å². The van der Waals surface area contributed by atoms with Gasteiger partial charge in [0.25, 0.3) is 0 Å². The molecule has 0 aromatic rings. The SMILES string of the molecule is CCCNC(=O)N1CCCC1. The number of hydrogen-bond donors (Lipinski definition) is 1. The zero-order valence-corrected chi connectivity index (χ0v) is 7.10. The first-order chi connectivity index (χ1) is 5.34. The van der Waals surface area contributed by atoms with E-state index < -0.39 is 0 Å². The number of carbonyl (C=O) groups excluding carboxylic acids is 1. The second-order valence-electron chi connectivity index (χ2n) is 2.93. The Morgan fingerprint density at radius 3 is 2.64 bits per heavy atom. The van der Waals surface area contributed by atoms with Crippen molar-refractivity contribution in [2.24, 2.45) is 0 Å². The molecule has 1 heterocycles. The minimum absolute atomic E-state index is 0.115. The molecule has 0 aliphatic carbocycles. The maximum atomic E-state index is 11.2. The normalized spacial score (nSPS) is 17.0. The van der Waals surface area contributed by atoms with E-state index in [2.05, 4.69) is 12.2 Å². The lowest BCUT2D eigenvalue weighted by Gasteiger charge is -2.15. The first kappa shape index (κ1) is 8.37. The summed E-state index contributed by atoms with van der Waals surface area (Å²) in [6, 6.07) is 0.115. The molecule has 64 valence electrons. The van der Waals surface area contributed by atoms with Crippen LogP contribution in [0, 0.1) is 0 Å². The molecule has 1 fully saturated rings. The Balaban J connectivity index is 2.17. The molecule has 1 aliphatic rings. The van der Waals surface area contributed by atoms with Gasteiger partial charge in [0.05, 0.1) is 0 Å². The Labute approximate surface area is 67.8 Å². The predicted molar refractivity (Wildman–Crippen MR) is 44.5 cm³/mol. The second-order valence-corrected chi connectivity index (χ2v) is 2.93. The Bertz CT molecular complexity index is 130. The third kappa shape index (κ3) is 2.41. The molecule has 11 heavy (non-hydrogen) atoms. The maximum Gasteiger partial charge on any atom is 0.317 e. The van der Waals surface area contributed by atoms with Gasteiger partial charge in [0.15, 0.2) is 0 Å². The van der Waals surface area contributed by atoms with Crippen LogP contribution in [0.3, 0.4) is 0 Å². The molecule has 1 aliphatic heterocycles. The highest BCUT2D eigenvalue weighted by molar-refractivity contribution is 5.74. The first-order valence-electron chi connectivity index (χ1n) is 4.37. The fourth-order valence-electron chi connectivity index (χ4n) is 1.26. The van der Waals surface area contributed by atoms with Crippen LogP contribution < -0.4 is 5.32 Å². The number of amides is 2. The van der Waals surface area contributed by atoms with Gasteiger partial charge in [0.2, 0.25) is 0 Å². The van der Waals surface area contributed by atoms with Crippen LogP contribution >= 0.6 is 0 Å². The molecule has 0 atom stereocenters. The molecular weight excluding hydrogens is 140 g/mol. The van der Waals surface area contributed by atoms with Crippen molar-refractivity contribution in [2.75, 3.05) is 19.6 Å². The average molecular weight is 156 g/mol. The Morgan fingerprint density at radius 2 is 2.09 bits per heavy atom. The smallest absolute Gasteiger partial charge is 0.317 e. The summed E-state index contributed by atoms with van der Waals surface area (Å²) >= 11 is 0. The molecule has 3 nitrogen and oxygen atoms in total. The van der Waals surface area contributed by atoms with Gasteiger partial charge in [0, 0.05) is 19.6 Å². The molecule has 2 amide bonds. The highest BCUT2D eigenvalue weighted by Crippen LogP contribution is 2.06. The van der Waals surface area contributed by atoms with E-state index in [4.69, 9.17) is 0 Å². The van der Waals surface area contributed by atoms with Crippen molar-refractivity contribution in [2.45, 2.75) is 26.2 Å². The summed E-state index contributed by atoms with van der Waals surface area (Å²) in [6.45, 7) is 4.74. The van der Waals surface area contributed by atoms with Crippen LogP contribution in [-0.4, -0.2) is 30.6 Å². The molecule has 0 radical (unpaired) electrons. The largest absolute Gasteiger partial charge is 0.338 e. The lowest BCUT2D eigenvalue weighted by molar-refractivity contribution is 0.209. The van der Waals surface area contributed by atoms with Crippen LogP contribution in [-0.2, 0) is 0 Å². The summed E-state index contributed by atoms with van der Waals surface area (Å²) in [5, 5.41) is 2.86. The summed E-state index contributed by atoms with van der Waals surface area (Å²) in [5.74, 6) is 0. The molecule has 0 aromatic carbocycles. The summed E-state index contributed by atoms with van der Waals surface area (Å²) in [4.78, 5) is 13.1. The minimum atomic E-state index is 0.115. The van der Waals surface area contributed by atoms with Crippen LogP contribution in [0.25, 0.3) is 0 Å². The van der Waals surface area contributed by atoms with Gasteiger partial charge in [0.1, 0.15) is 0 Å². The van der Waals surface area contributed by atoms with E-state index in [0.717, 1.165) is 26.1 Å². The molecule has 0 spiro atoms. The maximum absolute atomic E-state index is 11.2. The van der Waals surface area contributed by atoms with Crippen molar-refractivity contribution in [3.8, 4) is 0 Å². The number of urea groups is 1. The van der Waals surface area contributed by atoms with E-state index >= 15 is 0 Å². The van der Waals surface area contributed by atoms with Gasteiger partial charge in [-0.1, -0.05) is 6.92 Å². The second kappa shape index (κ2) is 4.21. The third-order valence-corrected chi connectivity index (χ3v) is 1.92. The van der Waals surface area contributed by atoms with Gasteiger partial charge in [-0.25, -0.2) is 4.79 Å². The van der Waals surface area contributed by atoms with Crippen molar-refractivity contribution < 1.29 is 4.79 Å². The predicted octanol–water partition coefficient (Wildman–Crippen LogP) is 1.20. The number of rotatable bonds is 2. The first-order valence-corrected chi connectivity index (χ1v) is 4.37. The molecule has 1 N–H and O–H groups in total. The Hall–Kier alpha value is -0.730. The zero-order chi connectivity index (χ0) is 8.10. The Morgan fingerprint density at radius 1 is 1.45 bits per heavy atom. The highest BCUT2D eigenvalue weighted by atomic mass is 16.2. The molecular formula is C8H16N2O. The zero-order valence-electron chi connectivity index (χ0n) is 7.10. The quantitative estimate of drug-likeness (QED) is 0.640. The monoisotopic (exact) mass is 156 g/mol. The summed E-state index contributed by atoms with van der Waals surface area (Å²) in [7, 11) is 0. The number of nitrogens with one attached hydrogen (secondary N) is 1.